The molecule has 0 spiro atoms. The highest BCUT2D eigenvalue weighted by atomic mass is 35.5. The van der Waals surface area contributed by atoms with Crippen LogP contribution in [0.3, 0.4) is 0 Å². The van der Waals surface area contributed by atoms with Crippen LogP contribution >= 0.6 is 11.6 Å². The molecule has 5 rings (SSSR count). The van der Waals surface area contributed by atoms with Crippen molar-refractivity contribution in [1.29, 1.82) is 5.26 Å². The van der Waals surface area contributed by atoms with E-state index in [4.69, 9.17) is 21.1 Å². The van der Waals surface area contributed by atoms with Gasteiger partial charge in [0.2, 0.25) is 0 Å². The average Bonchev–Trinajstić information content (AvgIpc) is 3.00. The number of hydrogen-bond acceptors (Lipinski definition) is 6. The molecule has 6 nitrogen and oxygen atoms in total. The molecular weight excluding hydrogens is 596 g/mol. The summed E-state index contributed by atoms with van der Waals surface area (Å²) in [5, 5.41) is 12.0. The van der Waals surface area contributed by atoms with Crippen LogP contribution in [-0.2, 0) is 25.7 Å². The zero-order chi connectivity index (χ0) is 31.6. The van der Waals surface area contributed by atoms with Gasteiger partial charge < -0.3 is 19.7 Å². The summed E-state index contributed by atoms with van der Waals surface area (Å²) in [7, 11) is 3.12. The van der Waals surface area contributed by atoms with E-state index in [1.807, 2.05) is 29.2 Å². The van der Waals surface area contributed by atoms with Crippen LogP contribution in [0.25, 0.3) is 11.3 Å². The normalized spacial score (nSPS) is 14.3. The Bertz CT molecular complexity index is 1650. The van der Waals surface area contributed by atoms with Gasteiger partial charge in [-0.3, -0.25) is 0 Å². The Balaban J connectivity index is 1.67. The van der Waals surface area contributed by atoms with E-state index in [1.165, 1.54) is 19.1 Å². The Morgan fingerprint density at radius 1 is 1.00 bits per heavy atom. The highest BCUT2D eigenvalue weighted by molar-refractivity contribution is 6.33. The van der Waals surface area contributed by atoms with Crippen molar-refractivity contribution >= 4 is 23.1 Å². The van der Waals surface area contributed by atoms with Gasteiger partial charge in [-0.25, -0.2) is 9.37 Å². The number of pyridine rings is 1. The first-order chi connectivity index (χ1) is 21.0. The largest absolute Gasteiger partial charge is 0.497 e. The van der Waals surface area contributed by atoms with Gasteiger partial charge in [-0.05, 0) is 72.0 Å². The van der Waals surface area contributed by atoms with Crippen LogP contribution in [0.15, 0.2) is 60.7 Å². The third-order valence-corrected chi connectivity index (χ3v) is 7.88. The maximum Gasteiger partial charge on any atom is 0.418 e. The summed E-state index contributed by atoms with van der Waals surface area (Å²) in [6.07, 6.45) is -4.61. The lowest BCUT2D eigenvalue weighted by atomic mass is 9.91. The number of fused-ring (bicyclic) bond motifs is 1. The Hall–Kier alpha value is -4.49. The summed E-state index contributed by atoms with van der Waals surface area (Å²) in [6.45, 7) is 2.06. The van der Waals surface area contributed by atoms with Gasteiger partial charge in [-0.1, -0.05) is 35.9 Å². The first-order valence-electron chi connectivity index (χ1n) is 13.8. The molecule has 0 radical (unpaired) electrons. The number of hydrogen-bond donors (Lipinski definition) is 1. The number of benzene rings is 3. The second-order valence-corrected chi connectivity index (χ2v) is 11.0. The lowest BCUT2D eigenvalue weighted by molar-refractivity contribution is -0.137. The molecule has 3 aromatic carbocycles. The van der Waals surface area contributed by atoms with E-state index in [0.29, 0.717) is 17.1 Å². The van der Waals surface area contributed by atoms with Gasteiger partial charge in [0, 0.05) is 19.6 Å². The highest BCUT2D eigenvalue weighted by Gasteiger charge is 2.39. The Morgan fingerprint density at radius 3 is 2.07 bits per heavy atom. The molecule has 1 unspecified atom stereocenters. The molecule has 11 heteroatoms. The smallest absolute Gasteiger partial charge is 0.418 e. The predicted molar refractivity (Wildman–Crippen MR) is 162 cm³/mol. The first kappa shape index (κ1) is 31.0. The first-order valence-corrected chi connectivity index (χ1v) is 14.1. The molecule has 4 aromatic rings. The van der Waals surface area contributed by atoms with Gasteiger partial charge in [0.1, 0.15) is 17.3 Å². The SMILES string of the molecule is COc1ccc(CN(Cc2ccc(OC)cc2)c2cc(C)c(C(F)(F)F)c(-c3c(Cl)cc4c(c3F)NCC(C#N)C4)n2)cc1. The average molecular weight is 625 g/mol. The second kappa shape index (κ2) is 12.6. The summed E-state index contributed by atoms with van der Waals surface area (Å²) in [5.41, 5.74) is -0.0719. The van der Waals surface area contributed by atoms with Gasteiger partial charge in [0.15, 0.2) is 5.82 Å². The summed E-state index contributed by atoms with van der Waals surface area (Å²) in [5.74, 6) is 0.183. The number of halogens is 5. The zero-order valence-corrected chi connectivity index (χ0v) is 25.0. The van der Waals surface area contributed by atoms with Crippen molar-refractivity contribution < 1.29 is 27.0 Å². The number of alkyl halides is 3. The summed E-state index contributed by atoms with van der Waals surface area (Å²) in [4.78, 5) is 6.30. The van der Waals surface area contributed by atoms with E-state index in [2.05, 4.69) is 16.4 Å². The van der Waals surface area contributed by atoms with Crippen LogP contribution < -0.4 is 19.7 Å². The van der Waals surface area contributed by atoms with E-state index < -0.39 is 34.7 Å². The molecule has 1 aromatic heterocycles. The fourth-order valence-corrected chi connectivity index (χ4v) is 5.67. The molecule has 1 aliphatic heterocycles. The zero-order valence-electron chi connectivity index (χ0n) is 24.2. The third-order valence-electron chi connectivity index (χ3n) is 7.59. The second-order valence-electron chi connectivity index (χ2n) is 10.6. The van der Waals surface area contributed by atoms with E-state index in [1.54, 1.807) is 38.5 Å². The number of nitrogens with one attached hydrogen (secondary N) is 1. The van der Waals surface area contributed by atoms with E-state index in [-0.39, 0.29) is 48.1 Å². The molecule has 2 heterocycles. The van der Waals surface area contributed by atoms with Crippen molar-refractivity contribution in [2.75, 3.05) is 31.0 Å². The fraction of sp³-hybridized carbons (Fsp3) is 0.273. The van der Waals surface area contributed by atoms with Crippen molar-refractivity contribution in [1.82, 2.24) is 4.98 Å². The topological polar surface area (TPSA) is 70.4 Å². The predicted octanol–water partition coefficient (Wildman–Crippen LogP) is 8.20. The molecule has 0 saturated heterocycles. The van der Waals surface area contributed by atoms with Crippen LogP contribution in [-0.4, -0.2) is 25.7 Å². The van der Waals surface area contributed by atoms with Crippen LogP contribution in [0.2, 0.25) is 5.02 Å². The summed E-state index contributed by atoms with van der Waals surface area (Å²) in [6, 6.07) is 19.5. The van der Waals surface area contributed by atoms with Gasteiger partial charge in [-0.15, -0.1) is 0 Å². The van der Waals surface area contributed by atoms with Crippen molar-refractivity contribution in [2.45, 2.75) is 32.6 Å². The third kappa shape index (κ3) is 6.38. The molecule has 0 saturated carbocycles. The van der Waals surface area contributed by atoms with E-state index in [9.17, 15) is 18.4 Å². The number of methoxy groups -OCH3 is 2. The van der Waals surface area contributed by atoms with Crippen LogP contribution in [0.4, 0.5) is 29.1 Å². The molecule has 228 valence electrons. The summed E-state index contributed by atoms with van der Waals surface area (Å²) >= 11 is 6.52. The Kier molecular flexibility index (Phi) is 8.88. The van der Waals surface area contributed by atoms with Crippen molar-refractivity contribution in [3.05, 3.63) is 99.3 Å². The minimum absolute atomic E-state index is 0.0298. The van der Waals surface area contributed by atoms with Gasteiger partial charge in [0.05, 0.1) is 53.7 Å². The molecule has 0 amide bonds. The molecule has 0 aliphatic carbocycles. The lowest BCUT2D eigenvalue weighted by Crippen LogP contribution is -2.25. The molecule has 1 N–H and O–H groups in total. The minimum atomic E-state index is -4.84. The highest BCUT2D eigenvalue weighted by Crippen LogP contribution is 2.45. The number of rotatable bonds is 8. The van der Waals surface area contributed by atoms with Gasteiger partial charge in [-0.2, -0.15) is 18.4 Å². The van der Waals surface area contributed by atoms with Crippen molar-refractivity contribution in [3.63, 3.8) is 0 Å². The monoisotopic (exact) mass is 624 g/mol. The van der Waals surface area contributed by atoms with Gasteiger partial charge >= 0.3 is 6.18 Å². The molecule has 0 fully saturated rings. The lowest BCUT2D eigenvalue weighted by Gasteiger charge is -2.28. The number of nitriles is 1. The number of nitrogens with zero attached hydrogens (tertiary/aromatic N) is 3. The van der Waals surface area contributed by atoms with E-state index in [0.717, 1.165) is 11.1 Å². The molecule has 0 bridgehead atoms. The van der Waals surface area contributed by atoms with Crippen molar-refractivity contribution in [3.8, 4) is 28.8 Å². The Labute approximate surface area is 257 Å². The number of ether oxygens (including phenoxy) is 2. The van der Waals surface area contributed by atoms with Gasteiger partial charge in [0.25, 0.3) is 0 Å². The maximum absolute atomic E-state index is 16.1. The molecule has 1 aliphatic rings. The summed E-state index contributed by atoms with van der Waals surface area (Å²) < 4.78 is 70.4. The quantitative estimate of drug-likeness (QED) is 0.199. The fourth-order valence-electron chi connectivity index (χ4n) is 5.37. The number of anilines is 2. The molecule has 1 atom stereocenters. The molecular formula is C33H29ClF4N4O2. The van der Waals surface area contributed by atoms with Crippen molar-refractivity contribution in [2.24, 2.45) is 5.92 Å². The van der Waals surface area contributed by atoms with Crippen LogP contribution in [0.1, 0.15) is 27.8 Å². The molecule has 44 heavy (non-hydrogen) atoms. The number of aromatic nitrogens is 1. The number of aryl methyl sites for hydroxylation is 1. The maximum atomic E-state index is 16.1. The standard InChI is InChI=1S/C33H29ClF4N4O2/c1-19-12-27(42(17-20-4-8-24(43-2)9-5-20)18-21-6-10-25(44-3)11-7-21)41-32(29(19)33(36,37)38)28-26(34)14-23-13-22(15-39)16-40-31(23)30(28)35/h4-12,14,22,40H,13,16-18H2,1-3H3. The van der Waals surface area contributed by atoms with E-state index >= 15 is 4.39 Å². The van der Waals surface area contributed by atoms with Crippen LogP contribution in [0, 0.1) is 30.0 Å². The Morgan fingerprint density at radius 2 is 1.57 bits per heavy atom. The minimum Gasteiger partial charge on any atom is -0.497 e. The van der Waals surface area contributed by atoms with Crippen LogP contribution in [0.5, 0.6) is 11.5 Å².